The molecule has 0 bridgehead atoms. The standard InChI is InChI=1S/C23H21NO4/c1-2-13-26-21-9-5-6-10-22(21)27-15-23(25)24-16-11-12-20-18(14-16)17-7-3-4-8-19(17)28-20/h3-12,14H,2,13,15H2,1H3,(H,24,25). The van der Waals surface area contributed by atoms with Crippen LogP contribution < -0.4 is 14.8 Å². The van der Waals surface area contributed by atoms with Gasteiger partial charge in [0, 0.05) is 16.5 Å². The van der Waals surface area contributed by atoms with Crippen molar-refractivity contribution in [1.29, 1.82) is 0 Å². The highest BCUT2D eigenvalue weighted by atomic mass is 16.5. The number of anilines is 1. The van der Waals surface area contributed by atoms with E-state index in [4.69, 9.17) is 13.9 Å². The average Bonchev–Trinajstić information content (AvgIpc) is 3.09. The lowest BCUT2D eigenvalue weighted by molar-refractivity contribution is -0.118. The van der Waals surface area contributed by atoms with Gasteiger partial charge >= 0.3 is 0 Å². The summed E-state index contributed by atoms with van der Waals surface area (Å²) in [6.45, 7) is 2.54. The van der Waals surface area contributed by atoms with Crippen LogP contribution in [0.4, 0.5) is 5.69 Å². The number of carbonyl (C=O) groups excluding carboxylic acids is 1. The molecule has 0 aliphatic heterocycles. The highest BCUT2D eigenvalue weighted by Crippen LogP contribution is 2.30. The van der Waals surface area contributed by atoms with Gasteiger partial charge in [0.1, 0.15) is 11.2 Å². The molecule has 0 radical (unpaired) electrons. The molecule has 0 spiro atoms. The molecule has 0 saturated heterocycles. The Hall–Kier alpha value is -3.47. The van der Waals surface area contributed by atoms with Gasteiger partial charge in [0.05, 0.1) is 6.61 Å². The number of furan rings is 1. The van der Waals surface area contributed by atoms with E-state index in [-0.39, 0.29) is 12.5 Å². The molecular formula is C23H21NO4. The Morgan fingerprint density at radius 3 is 2.43 bits per heavy atom. The number of ether oxygens (including phenoxy) is 2. The van der Waals surface area contributed by atoms with E-state index in [9.17, 15) is 4.79 Å². The van der Waals surface area contributed by atoms with Crippen LogP contribution >= 0.6 is 0 Å². The van der Waals surface area contributed by atoms with Crippen LogP contribution in [0.25, 0.3) is 21.9 Å². The quantitative estimate of drug-likeness (QED) is 0.470. The summed E-state index contributed by atoms with van der Waals surface area (Å²) in [6, 6.07) is 20.8. The third kappa shape index (κ3) is 3.78. The van der Waals surface area contributed by atoms with Crippen molar-refractivity contribution in [2.75, 3.05) is 18.5 Å². The summed E-state index contributed by atoms with van der Waals surface area (Å²) in [5, 5.41) is 4.86. The Labute approximate surface area is 162 Å². The van der Waals surface area contributed by atoms with E-state index < -0.39 is 0 Å². The minimum Gasteiger partial charge on any atom is -0.490 e. The van der Waals surface area contributed by atoms with Gasteiger partial charge < -0.3 is 19.2 Å². The third-order valence-corrected chi connectivity index (χ3v) is 4.33. The molecule has 1 N–H and O–H groups in total. The largest absolute Gasteiger partial charge is 0.490 e. The van der Waals surface area contributed by atoms with Gasteiger partial charge in [0.15, 0.2) is 18.1 Å². The van der Waals surface area contributed by atoms with E-state index in [1.54, 1.807) is 6.07 Å². The normalized spacial score (nSPS) is 10.9. The maximum Gasteiger partial charge on any atom is 0.262 e. The lowest BCUT2D eigenvalue weighted by atomic mass is 10.1. The van der Waals surface area contributed by atoms with Crippen LogP contribution in [0.15, 0.2) is 71.1 Å². The molecule has 1 amide bonds. The van der Waals surface area contributed by atoms with Crippen molar-refractivity contribution in [2.45, 2.75) is 13.3 Å². The van der Waals surface area contributed by atoms with Gasteiger partial charge in [-0.05, 0) is 42.8 Å². The number of hydrogen-bond acceptors (Lipinski definition) is 4. The number of rotatable bonds is 7. The van der Waals surface area contributed by atoms with Gasteiger partial charge in [-0.2, -0.15) is 0 Å². The Morgan fingerprint density at radius 2 is 1.61 bits per heavy atom. The fourth-order valence-corrected chi connectivity index (χ4v) is 3.04. The van der Waals surface area contributed by atoms with Crippen molar-refractivity contribution < 1.29 is 18.7 Å². The summed E-state index contributed by atoms with van der Waals surface area (Å²) < 4.78 is 17.1. The fourth-order valence-electron chi connectivity index (χ4n) is 3.04. The number of hydrogen-bond donors (Lipinski definition) is 1. The molecule has 0 aliphatic carbocycles. The Bertz CT molecular complexity index is 1120. The topological polar surface area (TPSA) is 60.7 Å². The number of amides is 1. The molecule has 142 valence electrons. The predicted octanol–water partition coefficient (Wildman–Crippen LogP) is 5.39. The van der Waals surface area contributed by atoms with Crippen LogP contribution in [0.3, 0.4) is 0 Å². The predicted molar refractivity (Wildman–Crippen MR) is 110 cm³/mol. The smallest absolute Gasteiger partial charge is 0.262 e. The number of fused-ring (bicyclic) bond motifs is 3. The Kier molecular flexibility index (Phi) is 5.15. The maximum atomic E-state index is 12.3. The van der Waals surface area contributed by atoms with Crippen LogP contribution in [-0.4, -0.2) is 19.1 Å². The zero-order valence-corrected chi connectivity index (χ0v) is 15.6. The minimum atomic E-state index is -0.238. The lowest BCUT2D eigenvalue weighted by Crippen LogP contribution is -2.20. The highest BCUT2D eigenvalue weighted by Gasteiger charge is 2.10. The van der Waals surface area contributed by atoms with Crippen molar-refractivity contribution in [1.82, 2.24) is 0 Å². The minimum absolute atomic E-state index is 0.101. The fraction of sp³-hybridized carbons (Fsp3) is 0.174. The van der Waals surface area contributed by atoms with Gasteiger partial charge in [0.2, 0.25) is 0 Å². The number of para-hydroxylation sites is 3. The van der Waals surface area contributed by atoms with Crippen LogP contribution in [0.1, 0.15) is 13.3 Å². The number of carbonyl (C=O) groups is 1. The van der Waals surface area contributed by atoms with Crippen LogP contribution in [0.2, 0.25) is 0 Å². The van der Waals surface area contributed by atoms with Gasteiger partial charge in [-0.25, -0.2) is 0 Å². The zero-order chi connectivity index (χ0) is 19.3. The summed E-state index contributed by atoms with van der Waals surface area (Å²) in [6.07, 6.45) is 0.903. The van der Waals surface area contributed by atoms with E-state index in [1.807, 2.05) is 67.6 Å². The first-order chi connectivity index (χ1) is 13.7. The Balaban J connectivity index is 1.45. The monoisotopic (exact) mass is 375 g/mol. The number of nitrogens with one attached hydrogen (secondary N) is 1. The Morgan fingerprint density at radius 1 is 0.893 bits per heavy atom. The second-order valence-electron chi connectivity index (χ2n) is 6.44. The summed E-state index contributed by atoms with van der Waals surface area (Å²) in [5.41, 5.74) is 2.31. The van der Waals surface area contributed by atoms with Gasteiger partial charge in [-0.15, -0.1) is 0 Å². The summed E-state index contributed by atoms with van der Waals surface area (Å²) in [7, 11) is 0. The molecular weight excluding hydrogens is 354 g/mol. The molecule has 5 heteroatoms. The molecule has 1 heterocycles. The van der Waals surface area contributed by atoms with Crippen molar-refractivity contribution in [2.24, 2.45) is 0 Å². The van der Waals surface area contributed by atoms with E-state index in [0.29, 0.717) is 23.8 Å². The van der Waals surface area contributed by atoms with Crippen molar-refractivity contribution in [3.8, 4) is 11.5 Å². The molecule has 4 aromatic rings. The number of benzene rings is 3. The van der Waals surface area contributed by atoms with Crippen LogP contribution in [0.5, 0.6) is 11.5 Å². The van der Waals surface area contributed by atoms with Gasteiger partial charge in [-0.3, -0.25) is 4.79 Å². The molecule has 0 unspecified atom stereocenters. The second-order valence-corrected chi connectivity index (χ2v) is 6.44. The first-order valence-electron chi connectivity index (χ1n) is 9.30. The summed E-state index contributed by atoms with van der Waals surface area (Å²) >= 11 is 0. The lowest BCUT2D eigenvalue weighted by Gasteiger charge is -2.12. The second kappa shape index (κ2) is 8.05. The molecule has 3 aromatic carbocycles. The SMILES string of the molecule is CCCOc1ccccc1OCC(=O)Nc1ccc2oc3ccccc3c2c1. The molecule has 0 saturated carbocycles. The van der Waals surface area contributed by atoms with E-state index in [2.05, 4.69) is 5.32 Å². The van der Waals surface area contributed by atoms with E-state index in [1.165, 1.54) is 0 Å². The first kappa shape index (κ1) is 17.9. The molecule has 1 aromatic heterocycles. The van der Waals surface area contributed by atoms with Crippen molar-refractivity contribution in [3.63, 3.8) is 0 Å². The molecule has 0 aliphatic rings. The summed E-state index contributed by atoms with van der Waals surface area (Å²) in [4.78, 5) is 12.3. The molecule has 28 heavy (non-hydrogen) atoms. The molecule has 0 atom stereocenters. The molecule has 5 nitrogen and oxygen atoms in total. The molecule has 4 rings (SSSR count). The maximum absolute atomic E-state index is 12.3. The summed E-state index contributed by atoms with van der Waals surface area (Å²) in [5.74, 6) is 0.961. The first-order valence-corrected chi connectivity index (χ1v) is 9.30. The van der Waals surface area contributed by atoms with Crippen molar-refractivity contribution in [3.05, 3.63) is 66.7 Å². The highest BCUT2D eigenvalue weighted by molar-refractivity contribution is 6.07. The van der Waals surface area contributed by atoms with E-state index >= 15 is 0 Å². The molecule has 0 fully saturated rings. The van der Waals surface area contributed by atoms with Gasteiger partial charge in [0.25, 0.3) is 5.91 Å². The van der Waals surface area contributed by atoms with Gasteiger partial charge in [-0.1, -0.05) is 37.3 Å². The third-order valence-electron chi connectivity index (χ3n) is 4.33. The van der Waals surface area contributed by atoms with Crippen molar-refractivity contribution >= 4 is 33.5 Å². The zero-order valence-electron chi connectivity index (χ0n) is 15.6. The van der Waals surface area contributed by atoms with E-state index in [0.717, 1.165) is 28.4 Å². The van der Waals surface area contributed by atoms with Crippen LogP contribution in [-0.2, 0) is 4.79 Å². The average molecular weight is 375 g/mol. The van der Waals surface area contributed by atoms with Crippen LogP contribution in [0, 0.1) is 0 Å².